The fourth-order valence-electron chi connectivity index (χ4n) is 5.70. The summed E-state index contributed by atoms with van der Waals surface area (Å²) in [4.78, 5) is 29.9. The molecule has 1 aliphatic carbocycles. The zero-order valence-corrected chi connectivity index (χ0v) is 23.4. The van der Waals surface area contributed by atoms with Gasteiger partial charge in [-0.25, -0.2) is 4.79 Å². The van der Waals surface area contributed by atoms with Gasteiger partial charge in [-0.1, -0.05) is 78.5 Å². The van der Waals surface area contributed by atoms with E-state index in [2.05, 4.69) is 30.3 Å². The van der Waals surface area contributed by atoms with Crippen LogP contribution in [0.1, 0.15) is 28.4 Å². The van der Waals surface area contributed by atoms with Crippen molar-refractivity contribution in [3.63, 3.8) is 0 Å². The Balaban J connectivity index is 1.61. The maximum Gasteiger partial charge on any atom is 0.339 e. The van der Waals surface area contributed by atoms with Crippen molar-refractivity contribution in [3.8, 4) is 22.3 Å². The summed E-state index contributed by atoms with van der Waals surface area (Å²) < 4.78 is 7.56. The van der Waals surface area contributed by atoms with Crippen molar-refractivity contribution in [1.29, 1.82) is 0 Å². The molecule has 3 nitrogen and oxygen atoms in total. The molecule has 5 aromatic carbocycles. The second kappa shape index (κ2) is 10.1. The molecule has 0 N–H and O–H groups in total. The van der Waals surface area contributed by atoms with Crippen LogP contribution in [0.2, 0.25) is 0 Å². The number of esters is 1. The van der Waals surface area contributed by atoms with Gasteiger partial charge < -0.3 is 4.74 Å². The SMILES string of the molecule is CCOC(=O)c1c2c(cc(Sc3ccccc3)c1-c1cccc3sc4ccccc4c(=O)c13)-c1ccccc1C2. The van der Waals surface area contributed by atoms with Crippen molar-refractivity contribution >= 4 is 49.2 Å². The molecule has 0 saturated carbocycles. The Morgan fingerprint density at radius 1 is 0.825 bits per heavy atom. The summed E-state index contributed by atoms with van der Waals surface area (Å²) in [7, 11) is 0. The normalized spacial score (nSPS) is 11.9. The third kappa shape index (κ3) is 4.05. The molecule has 7 rings (SSSR count). The van der Waals surface area contributed by atoms with Gasteiger partial charge >= 0.3 is 5.97 Å². The summed E-state index contributed by atoms with van der Waals surface area (Å²) >= 11 is 3.21. The lowest BCUT2D eigenvalue weighted by Crippen LogP contribution is -2.12. The van der Waals surface area contributed by atoms with Gasteiger partial charge in [-0.2, -0.15) is 0 Å². The van der Waals surface area contributed by atoms with Gasteiger partial charge in [-0.3, -0.25) is 4.79 Å². The summed E-state index contributed by atoms with van der Waals surface area (Å²) in [6, 6.07) is 34.4. The highest BCUT2D eigenvalue weighted by atomic mass is 32.2. The Labute approximate surface area is 240 Å². The first kappa shape index (κ1) is 24.8. The lowest BCUT2D eigenvalue weighted by atomic mass is 9.90. The van der Waals surface area contributed by atoms with Crippen molar-refractivity contribution in [1.82, 2.24) is 0 Å². The van der Waals surface area contributed by atoms with E-state index < -0.39 is 0 Å². The number of ether oxygens (including phenoxy) is 1. The highest BCUT2D eigenvalue weighted by Crippen LogP contribution is 2.49. The van der Waals surface area contributed by atoms with Crippen LogP contribution in [0.25, 0.3) is 42.4 Å². The molecular formula is C35H24O3S2. The lowest BCUT2D eigenvalue weighted by Gasteiger charge is -2.20. The maximum absolute atomic E-state index is 14.1. The molecule has 194 valence electrons. The van der Waals surface area contributed by atoms with Crippen molar-refractivity contribution in [2.24, 2.45) is 0 Å². The number of carbonyl (C=O) groups excluding carboxylic acids is 1. The number of rotatable bonds is 5. The zero-order valence-electron chi connectivity index (χ0n) is 21.8. The first-order chi connectivity index (χ1) is 19.6. The third-order valence-corrected chi connectivity index (χ3v) is 9.58. The molecule has 1 aromatic heterocycles. The molecule has 0 saturated heterocycles. The van der Waals surface area contributed by atoms with E-state index in [1.54, 1.807) is 23.1 Å². The van der Waals surface area contributed by atoms with E-state index in [1.165, 1.54) is 5.56 Å². The fraction of sp³-hybridized carbons (Fsp3) is 0.0857. The van der Waals surface area contributed by atoms with E-state index in [9.17, 15) is 9.59 Å². The maximum atomic E-state index is 14.1. The Morgan fingerprint density at radius 3 is 2.40 bits per heavy atom. The predicted molar refractivity (Wildman–Crippen MR) is 166 cm³/mol. The van der Waals surface area contributed by atoms with Crippen LogP contribution in [-0.2, 0) is 11.2 Å². The minimum absolute atomic E-state index is 0.0193. The number of benzene rings is 5. The van der Waals surface area contributed by atoms with E-state index in [-0.39, 0.29) is 18.0 Å². The second-order valence-electron chi connectivity index (χ2n) is 9.73. The molecule has 0 fully saturated rings. The van der Waals surface area contributed by atoms with E-state index in [4.69, 9.17) is 4.74 Å². The number of hydrogen-bond donors (Lipinski definition) is 0. The van der Waals surface area contributed by atoms with Crippen molar-refractivity contribution < 1.29 is 9.53 Å². The minimum Gasteiger partial charge on any atom is -0.462 e. The molecule has 6 aromatic rings. The smallest absolute Gasteiger partial charge is 0.339 e. The van der Waals surface area contributed by atoms with Crippen LogP contribution in [0.4, 0.5) is 0 Å². The Bertz CT molecular complexity index is 2010. The summed E-state index contributed by atoms with van der Waals surface area (Å²) in [5, 5.41) is 1.33. The second-order valence-corrected chi connectivity index (χ2v) is 11.9. The van der Waals surface area contributed by atoms with Crippen LogP contribution < -0.4 is 5.43 Å². The molecule has 0 amide bonds. The van der Waals surface area contributed by atoms with Crippen molar-refractivity contribution in [2.75, 3.05) is 6.61 Å². The van der Waals surface area contributed by atoms with Gasteiger partial charge in [0.15, 0.2) is 5.43 Å². The summed E-state index contributed by atoms with van der Waals surface area (Å²) in [5.41, 5.74) is 6.41. The first-order valence-corrected chi connectivity index (χ1v) is 14.9. The van der Waals surface area contributed by atoms with Crippen LogP contribution in [0.5, 0.6) is 0 Å². The summed E-state index contributed by atoms with van der Waals surface area (Å²) in [5.74, 6) is -0.356. The van der Waals surface area contributed by atoms with Gasteiger partial charge in [0.25, 0.3) is 0 Å². The standard InChI is InChI=1S/C35H24O3S2/c1-2-38-35(37)33-27-19-21-11-6-7-14-23(21)26(27)20-30(39-22-12-4-3-5-13-22)31(33)25-16-10-18-29-32(25)34(36)24-15-8-9-17-28(24)40-29/h3-18,20H,2,19H2,1H3. The van der Waals surface area contributed by atoms with Crippen molar-refractivity contribution in [2.45, 2.75) is 23.1 Å². The number of fused-ring (bicyclic) bond motifs is 5. The topological polar surface area (TPSA) is 43.4 Å². The average molecular weight is 557 g/mol. The number of carbonyl (C=O) groups is 1. The summed E-state index contributed by atoms with van der Waals surface area (Å²) in [6.45, 7) is 2.10. The predicted octanol–water partition coefficient (Wildman–Crippen LogP) is 8.98. The Hall–Kier alpha value is -4.19. The Morgan fingerprint density at radius 2 is 1.55 bits per heavy atom. The van der Waals surface area contributed by atoms with Crippen LogP contribution in [-0.4, -0.2) is 12.6 Å². The first-order valence-electron chi connectivity index (χ1n) is 13.3. The van der Waals surface area contributed by atoms with Gasteiger partial charge in [0.05, 0.1) is 12.2 Å². The number of hydrogen-bond acceptors (Lipinski definition) is 5. The molecule has 0 atom stereocenters. The monoisotopic (exact) mass is 556 g/mol. The van der Waals surface area contributed by atoms with Gasteiger partial charge in [0.2, 0.25) is 0 Å². The molecule has 0 unspecified atom stereocenters. The molecule has 5 heteroatoms. The van der Waals surface area contributed by atoms with E-state index in [0.717, 1.165) is 47.0 Å². The van der Waals surface area contributed by atoms with Crippen LogP contribution in [0, 0.1) is 0 Å². The largest absolute Gasteiger partial charge is 0.462 e. The van der Waals surface area contributed by atoms with Crippen LogP contribution in [0.3, 0.4) is 0 Å². The molecule has 0 aliphatic heterocycles. The highest BCUT2D eigenvalue weighted by Gasteiger charge is 2.31. The quantitative estimate of drug-likeness (QED) is 0.157. The molecule has 0 bridgehead atoms. The minimum atomic E-state index is -0.356. The van der Waals surface area contributed by atoms with Gasteiger partial charge in [-0.15, -0.1) is 11.3 Å². The highest BCUT2D eigenvalue weighted by molar-refractivity contribution is 7.99. The van der Waals surface area contributed by atoms with E-state index >= 15 is 0 Å². The third-order valence-electron chi connectivity index (χ3n) is 7.40. The summed E-state index contributed by atoms with van der Waals surface area (Å²) in [6.07, 6.45) is 0.642. The van der Waals surface area contributed by atoms with E-state index in [1.807, 2.05) is 79.7 Å². The molecule has 1 aliphatic rings. The molecule has 1 heterocycles. The Kier molecular flexibility index (Phi) is 6.26. The van der Waals surface area contributed by atoms with E-state index in [0.29, 0.717) is 22.8 Å². The lowest BCUT2D eigenvalue weighted by molar-refractivity contribution is 0.0526. The average Bonchev–Trinajstić information content (AvgIpc) is 3.35. The van der Waals surface area contributed by atoms with Gasteiger partial charge in [-0.05, 0) is 77.6 Å². The molecule has 0 radical (unpaired) electrons. The van der Waals surface area contributed by atoms with Gasteiger partial charge in [0, 0.05) is 35.5 Å². The van der Waals surface area contributed by atoms with Crippen LogP contribution >= 0.6 is 23.1 Å². The fourth-order valence-corrected chi connectivity index (χ4v) is 7.84. The zero-order chi connectivity index (χ0) is 27.2. The molecule has 40 heavy (non-hydrogen) atoms. The molecule has 0 spiro atoms. The van der Waals surface area contributed by atoms with Crippen molar-refractivity contribution in [3.05, 3.63) is 130 Å². The molecular weight excluding hydrogens is 533 g/mol. The van der Waals surface area contributed by atoms with Crippen LogP contribution in [0.15, 0.2) is 118 Å². The van der Waals surface area contributed by atoms with Gasteiger partial charge in [0.1, 0.15) is 0 Å².